The lowest BCUT2D eigenvalue weighted by atomic mass is 10.1. The zero-order chi connectivity index (χ0) is 20.3. The molecular weight excluding hydrogens is 396 g/mol. The van der Waals surface area contributed by atoms with E-state index in [1.54, 1.807) is 6.07 Å². The number of imidazole rings is 1. The summed E-state index contributed by atoms with van der Waals surface area (Å²) in [6, 6.07) is 12.4. The first kappa shape index (κ1) is 20.4. The molecule has 0 unspecified atom stereocenters. The highest BCUT2D eigenvalue weighted by atomic mass is 32.2. The molecule has 9 heteroatoms. The number of aryl methyl sites for hydroxylation is 2. The zero-order valence-electron chi connectivity index (χ0n) is 15.7. The Balaban J connectivity index is 1.74. The molecule has 0 saturated carbocycles. The van der Waals surface area contributed by atoms with Crippen LogP contribution in [0.5, 0.6) is 0 Å². The summed E-state index contributed by atoms with van der Waals surface area (Å²) in [6.45, 7) is 4.69. The average molecular weight is 419 g/mol. The van der Waals surface area contributed by atoms with Crippen molar-refractivity contribution >= 4 is 44.4 Å². The maximum atomic E-state index is 12.3. The molecule has 3 aromatic rings. The van der Waals surface area contributed by atoms with E-state index in [0.717, 1.165) is 17.6 Å². The van der Waals surface area contributed by atoms with Gasteiger partial charge in [-0.05, 0) is 49.2 Å². The number of primary sulfonamides is 1. The largest absolute Gasteiger partial charge is 0.325 e. The third-order valence-electron chi connectivity index (χ3n) is 4.31. The number of anilines is 1. The lowest BCUT2D eigenvalue weighted by Gasteiger charge is -2.07. The molecule has 0 aliphatic rings. The Labute approximate surface area is 168 Å². The van der Waals surface area contributed by atoms with Gasteiger partial charge in [0.25, 0.3) is 0 Å². The molecule has 1 aromatic heterocycles. The van der Waals surface area contributed by atoms with E-state index in [1.807, 2.05) is 35.8 Å². The number of carbonyl (C=O) groups excluding carboxylic acids is 1. The molecule has 0 fully saturated rings. The van der Waals surface area contributed by atoms with Crippen LogP contribution in [0.1, 0.15) is 19.4 Å². The summed E-state index contributed by atoms with van der Waals surface area (Å²) in [7, 11) is -3.79. The molecule has 0 atom stereocenters. The molecule has 1 heterocycles. The monoisotopic (exact) mass is 418 g/mol. The van der Waals surface area contributed by atoms with Crippen LogP contribution in [0, 0.1) is 0 Å². The lowest BCUT2D eigenvalue weighted by molar-refractivity contribution is -0.113. The average Bonchev–Trinajstić information content (AvgIpc) is 3.03. The molecule has 2 aromatic carbocycles. The summed E-state index contributed by atoms with van der Waals surface area (Å²) in [4.78, 5) is 16.8. The number of amides is 1. The highest BCUT2D eigenvalue weighted by molar-refractivity contribution is 7.99. The Morgan fingerprint density at radius 2 is 1.89 bits per heavy atom. The van der Waals surface area contributed by atoms with Crippen LogP contribution in [0.25, 0.3) is 11.0 Å². The second-order valence-electron chi connectivity index (χ2n) is 6.22. The van der Waals surface area contributed by atoms with Crippen LogP contribution in [0.15, 0.2) is 52.5 Å². The number of thioether (sulfide) groups is 1. The molecule has 0 bridgehead atoms. The van der Waals surface area contributed by atoms with Crippen LogP contribution in [-0.4, -0.2) is 29.6 Å². The van der Waals surface area contributed by atoms with Crippen LogP contribution >= 0.6 is 11.8 Å². The molecule has 0 spiro atoms. The van der Waals surface area contributed by atoms with Crippen molar-refractivity contribution < 1.29 is 13.2 Å². The summed E-state index contributed by atoms with van der Waals surface area (Å²) in [5, 5.41) is 8.72. The quantitative estimate of drug-likeness (QED) is 0.574. The summed E-state index contributed by atoms with van der Waals surface area (Å²) < 4.78 is 25.0. The Morgan fingerprint density at radius 1 is 1.18 bits per heavy atom. The van der Waals surface area contributed by atoms with Crippen LogP contribution < -0.4 is 10.5 Å². The molecule has 3 rings (SSSR count). The van der Waals surface area contributed by atoms with E-state index in [4.69, 9.17) is 5.14 Å². The maximum Gasteiger partial charge on any atom is 0.238 e. The first-order chi connectivity index (χ1) is 13.3. The SMILES string of the molecule is CCc1ccc(NC(=O)CSc2nc3cc(S(N)(=O)=O)ccc3n2CC)cc1. The third-order valence-corrected chi connectivity index (χ3v) is 6.20. The van der Waals surface area contributed by atoms with Gasteiger partial charge in [-0.1, -0.05) is 30.8 Å². The Morgan fingerprint density at radius 3 is 2.50 bits per heavy atom. The van der Waals surface area contributed by atoms with E-state index in [9.17, 15) is 13.2 Å². The highest BCUT2D eigenvalue weighted by Gasteiger charge is 2.15. The number of aromatic nitrogens is 2. The summed E-state index contributed by atoms with van der Waals surface area (Å²) in [5.74, 6) is 0.0649. The standard InChI is InChI=1S/C19H22N4O3S2/c1-3-13-5-7-14(8-6-13)21-18(24)12-27-19-22-16-11-15(28(20,25)26)9-10-17(16)23(19)4-2/h5-11H,3-4,12H2,1-2H3,(H,21,24)(H2,20,25,26). The predicted molar refractivity (Wildman–Crippen MR) is 112 cm³/mol. The van der Waals surface area contributed by atoms with E-state index < -0.39 is 10.0 Å². The number of rotatable bonds is 7. The van der Waals surface area contributed by atoms with E-state index >= 15 is 0 Å². The van der Waals surface area contributed by atoms with Gasteiger partial charge < -0.3 is 9.88 Å². The number of sulfonamides is 1. The van der Waals surface area contributed by atoms with Gasteiger partial charge in [0.05, 0.1) is 21.7 Å². The molecule has 0 aliphatic carbocycles. The van der Waals surface area contributed by atoms with Gasteiger partial charge in [-0.3, -0.25) is 4.79 Å². The minimum atomic E-state index is -3.79. The van der Waals surface area contributed by atoms with Crippen LogP contribution in [0.4, 0.5) is 5.69 Å². The van der Waals surface area contributed by atoms with Gasteiger partial charge in [0.1, 0.15) is 0 Å². The number of hydrogen-bond acceptors (Lipinski definition) is 5. The smallest absolute Gasteiger partial charge is 0.238 e. The first-order valence-corrected chi connectivity index (χ1v) is 11.4. The van der Waals surface area contributed by atoms with Gasteiger partial charge >= 0.3 is 0 Å². The molecule has 3 N–H and O–H groups in total. The Kier molecular flexibility index (Phi) is 6.07. The summed E-state index contributed by atoms with van der Waals surface area (Å²) >= 11 is 1.30. The topological polar surface area (TPSA) is 107 Å². The van der Waals surface area contributed by atoms with Crippen molar-refractivity contribution in [2.24, 2.45) is 5.14 Å². The molecule has 0 radical (unpaired) electrons. The van der Waals surface area contributed by atoms with E-state index in [2.05, 4.69) is 17.2 Å². The fraction of sp³-hybridized carbons (Fsp3) is 0.263. The Hall–Kier alpha value is -2.36. The fourth-order valence-electron chi connectivity index (χ4n) is 2.83. The molecular formula is C19H22N4O3S2. The summed E-state index contributed by atoms with van der Waals surface area (Å²) in [5.41, 5.74) is 3.30. The highest BCUT2D eigenvalue weighted by Crippen LogP contribution is 2.26. The Bertz CT molecular complexity index is 1110. The third kappa shape index (κ3) is 4.54. The fourth-order valence-corrected chi connectivity index (χ4v) is 4.24. The minimum Gasteiger partial charge on any atom is -0.325 e. The van der Waals surface area contributed by atoms with Gasteiger partial charge in [-0.15, -0.1) is 0 Å². The number of nitrogens with zero attached hydrogens (tertiary/aromatic N) is 2. The van der Waals surface area contributed by atoms with E-state index in [-0.39, 0.29) is 16.6 Å². The number of hydrogen-bond donors (Lipinski definition) is 2. The van der Waals surface area contributed by atoms with Crippen molar-refractivity contribution in [1.82, 2.24) is 9.55 Å². The number of carbonyl (C=O) groups is 1. The predicted octanol–water partition coefficient (Wildman–Crippen LogP) is 3.00. The zero-order valence-corrected chi connectivity index (χ0v) is 17.3. The summed E-state index contributed by atoms with van der Waals surface area (Å²) in [6.07, 6.45) is 0.949. The molecule has 148 valence electrons. The van der Waals surface area contributed by atoms with Crippen molar-refractivity contribution in [2.75, 3.05) is 11.1 Å². The van der Waals surface area contributed by atoms with Gasteiger partial charge in [0.15, 0.2) is 5.16 Å². The van der Waals surface area contributed by atoms with E-state index in [1.165, 1.54) is 29.5 Å². The maximum absolute atomic E-state index is 12.3. The molecule has 0 saturated heterocycles. The van der Waals surface area contributed by atoms with Crippen molar-refractivity contribution in [3.05, 3.63) is 48.0 Å². The van der Waals surface area contributed by atoms with Gasteiger partial charge in [0.2, 0.25) is 15.9 Å². The molecule has 0 aliphatic heterocycles. The van der Waals surface area contributed by atoms with Crippen molar-refractivity contribution in [3.63, 3.8) is 0 Å². The second kappa shape index (κ2) is 8.34. The van der Waals surface area contributed by atoms with E-state index in [0.29, 0.717) is 17.2 Å². The molecule has 28 heavy (non-hydrogen) atoms. The first-order valence-electron chi connectivity index (χ1n) is 8.86. The van der Waals surface area contributed by atoms with Crippen LogP contribution in [0.3, 0.4) is 0 Å². The molecule has 7 nitrogen and oxygen atoms in total. The minimum absolute atomic E-state index is 0.0190. The number of nitrogens with one attached hydrogen (secondary N) is 1. The van der Waals surface area contributed by atoms with Crippen LogP contribution in [0.2, 0.25) is 0 Å². The van der Waals surface area contributed by atoms with Gasteiger partial charge in [0, 0.05) is 12.2 Å². The molecule has 1 amide bonds. The van der Waals surface area contributed by atoms with Crippen molar-refractivity contribution in [1.29, 1.82) is 0 Å². The normalized spacial score (nSPS) is 11.7. The van der Waals surface area contributed by atoms with Gasteiger partial charge in [-0.25, -0.2) is 18.5 Å². The van der Waals surface area contributed by atoms with Crippen molar-refractivity contribution in [3.8, 4) is 0 Å². The van der Waals surface area contributed by atoms with Crippen LogP contribution in [-0.2, 0) is 27.8 Å². The number of benzene rings is 2. The second-order valence-corrected chi connectivity index (χ2v) is 8.73. The lowest BCUT2D eigenvalue weighted by Crippen LogP contribution is -2.14. The number of nitrogens with two attached hydrogens (primary N) is 1. The number of fused-ring (bicyclic) bond motifs is 1. The van der Waals surface area contributed by atoms with Crippen molar-refractivity contribution in [2.45, 2.75) is 36.9 Å². The van der Waals surface area contributed by atoms with Gasteiger partial charge in [-0.2, -0.15) is 0 Å².